The number of rotatable bonds is 4. The Hall–Kier alpha value is -0.770. The van der Waals surface area contributed by atoms with Crippen LogP contribution in [-0.2, 0) is 0 Å². The van der Waals surface area contributed by atoms with Crippen molar-refractivity contribution >= 4 is 6.03 Å². The number of piperidine rings is 1. The lowest BCUT2D eigenvalue weighted by Gasteiger charge is -2.30. The quantitative estimate of drug-likeness (QED) is 0.787. The van der Waals surface area contributed by atoms with E-state index in [4.69, 9.17) is 0 Å². The van der Waals surface area contributed by atoms with Crippen LogP contribution in [0.2, 0.25) is 0 Å². The molecule has 1 fully saturated rings. The zero-order chi connectivity index (χ0) is 12.0. The average Bonchev–Trinajstić information content (AvgIpc) is 2.29. The second kappa shape index (κ2) is 6.74. The smallest absolute Gasteiger partial charge is 0.317 e. The van der Waals surface area contributed by atoms with Gasteiger partial charge in [0.1, 0.15) is 0 Å². The molecule has 0 spiro atoms. The molecule has 0 aliphatic carbocycles. The molecule has 0 saturated carbocycles. The van der Waals surface area contributed by atoms with Gasteiger partial charge in [-0.05, 0) is 32.4 Å². The number of likely N-dealkylation sites (tertiary alicyclic amines) is 1. The van der Waals surface area contributed by atoms with Gasteiger partial charge in [-0.25, -0.2) is 4.79 Å². The van der Waals surface area contributed by atoms with Crippen LogP contribution in [0.15, 0.2) is 0 Å². The Morgan fingerprint density at radius 1 is 1.44 bits per heavy atom. The largest absolute Gasteiger partial charge is 0.337 e. The molecule has 1 N–H and O–H groups in total. The van der Waals surface area contributed by atoms with Crippen molar-refractivity contribution in [1.29, 1.82) is 0 Å². The van der Waals surface area contributed by atoms with Gasteiger partial charge < -0.3 is 15.1 Å². The highest BCUT2D eigenvalue weighted by atomic mass is 16.2. The van der Waals surface area contributed by atoms with E-state index in [0.29, 0.717) is 0 Å². The van der Waals surface area contributed by atoms with Crippen LogP contribution in [0.25, 0.3) is 0 Å². The Morgan fingerprint density at radius 2 is 2.06 bits per heavy atom. The molecule has 0 bridgehead atoms. The topological polar surface area (TPSA) is 35.6 Å². The molecule has 0 aromatic rings. The molecule has 1 rings (SSSR count). The summed E-state index contributed by atoms with van der Waals surface area (Å²) in [6.45, 7) is 8.89. The van der Waals surface area contributed by atoms with Crippen molar-refractivity contribution < 1.29 is 4.79 Å². The second-order valence-electron chi connectivity index (χ2n) is 4.80. The van der Waals surface area contributed by atoms with Gasteiger partial charge in [-0.1, -0.05) is 13.8 Å². The molecule has 1 aliphatic rings. The summed E-state index contributed by atoms with van der Waals surface area (Å²) in [7, 11) is 2.06. The summed E-state index contributed by atoms with van der Waals surface area (Å²) in [5, 5.41) is 2.98. The number of amides is 2. The summed E-state index contributed by atoms with van der Waals surface area (Å²) in [5.74, 6) is 0.773. The van der Waals surface area contributed by atoms with Crippen molar-refractivity contribution in [3.05, 3.63) is 0 Å². The fourth-order valence-electron chi connectivity index (χ4n) is 1.84. The van der Waals surface area contributed by atoms with E-state index in [0.717, 1.165) is 51.5 Å². The number of hydrogen-bond acceptors (Lipinski definition) is 2. The lowest BCUT2D eigenvalue weighted by Crippen LogP contribution is -2.45. The summed E-state index contributed by atoms with van der Waals surface area (Å²) >= 11 is 0. The molecule has 1 heterocycles. The van der Waals surface area contributed by atoms with Crippen molar-refractivity contribution in [2.24, 2.45) is 5.92 Å². The van der Waals surface area contributed by atoms with Crippen LogP contribution in [-0.4, -0.2) is 55.6 Å². The summed E-state index contributed by atoms with van der Waals surface area (Å²) in [5.41, 5.74) is 0. The van der Waals surface area contributed by atoms with Gasteiger partial charge in [0.15, 0.2) is 0 Å². The van der Waals surface area contributed by atoms with Gasteiger partial charge in [0.25, 0.3) is 0 Å². The van der Waals surface area contributed by atoms with Crippen molar-refractivity contribution in [1.82, 2.24) is 15.1 Å². The Labute approximate surface area is 99.0 Å². The minimum Gasteiger partial charge on any atom is -0.337 e. The minimum absolute atomic E-state index is 0.108. The highest BCUT2D eigenvalue weighted by molar-refractivity contribution is 5.74. The van der Waals surface area contributed by atoms with Gasteiger partial charge in [-0.2, -0.15) is 0 Å². The van der Waals surface area contributed by atoms with Gasteiger partial charge in [0.2, 0.25) is 0 Å². The van der Waals surface area contributed by atoms with Gasteiger partial charge in [0, 0.05) is 26.2 Å². The maximum Gasteiger partial charge on any atom is 0.317 e. The fourth-order valence-corrected chi connectivity index (χ4v) is 1.84. The molecule has 0 aromatic heterocycles. The molecule has 1 aliphatic heterocycles. The SMILES string of the molecule is CCN(C)CCNC(=O)N1CCC(C)CC1. The third kappa shape index (κ3) is 4.39. The molecule has 94 valence electrons. The summed E-state index contributed by atoms with van der Waals surface area (Å²) in [6.07, 6.45) is 2.28. The Bertz CT molecular complexity index is 212. The van der Waals surface area contributed by atoms with Crippen LogP contribution in [0.5, 0.6) is 0 Å². The normalized spacial score (nSPS) is 17.9. The maximum absolute atomic E-state index is 11.8. The standard InChI is InChI=1S/C12H25N3O/c1-4-14(3)10-7-13-12(16)15-8-5-11(2)6-9-15/h11H,4-10H2,1-3H3,(H,13,16). The number of nitrogens with zero attached hydrogens (tertiary/aromatic N) is 2. The van der Waals surface area contributed by atoms with Crippen molar-refractivity contribution in [2.75, 3.05) is 39.8 Å². The molecule has 2 amide bonds. The van der Waals surface area contributed by atoms with Crippen LogP contribution in [0.4, 0.5) is 4.79 Å². The highest BCUT2D eigenvalue weighted by Gasteiger charge is 2.19. The second-order valence-corrected chi connectivity index (χ2v) is 4.80. The molecule has 4 heteroatoms. The molecule has 4 nitrogen and oxygen atoms in total. The first-order chi connectivity index (χ1) is 7.63. The molecule has 0 atom stereocenters. The summed E-state index contributed by atoms with van der Waals surface area (Å²) in [6, 6.07) is 0.108. The Balaban J connectivity index is 2.15. The van der Waals surface area contributed by atoms with Crippen molar-refractivity contribution in [3.63, 3.8) is 0 Å². The van der Waals surface area contributed by atoms with Gasteiger partial charge in [0.05, 0.1) is 0 Å². The zero-order valence-corrected chi connectivity index (χ0v) is 10.8. The first-order valence-corrected chi connectivity index (χ1v) is 6.34. The van der Waals surface area contributed by atoms with Gasteiger partial charge in [-0.3, -0.25) is 0 Å². The molecular formula is C12H25N3O. The van der Waals surface area contributed by atoms with E-state index in [9.17, 15) is 4.79 Å². The maximum atomic E-state index is 11.8. The average molecular weight is 227 g/mol. The first kappa shape index (κ1) is 13.3. The van der Waals surface area contributed by atoms with E-state index in [1.165, 1.54) is 0 Å². The molecule has 0 unspecified atom stereocenters. The molecule has 0 aromatic carbocycles. The van der Waals surface area contributed by atoms with Crippen LogP contribution >= 0.6 is 0 Å². The van der Waals surface area contributed by atoms with E-state index in [1.54, 1.807) is 0 Å². The highest BCUT2D eigenvalue weighted by Crippen LogP contribution is 2.15. The lowest BCUT2D eigenvalue weighted by atomic mass is 10.00. The Morgan fingerprint density at radius 3 is 2.62 bits per heavy atom. The van der Waals surface area contributed by atoms with E-state index >= 15 is 0 Å². The van der Waals surface area contributed by atoms with Crippen LogP contribution in [0.1, 0.15) is 26.7 Å². The fraction of sp³-hybridized carbons (Fsp3) is 0.917. The monoisotopic (exact) mass is 227 g/mol. The lowest BCUT2D eigenvalue weighted by molar-refractivity contribution is 0.173. The molecule has 16 heavy (non-hydrogen) atoms. The predicted octanol–water partition coefficient (Wildman–Crippen LogP) is 1.38. The molecule has 0 radical (unpaired) electrons. The Kier molecular flexibility index (Phi) is 5.60. The number of carbonyl (C=O) groups is 1. The van der Waals surface area contributed by atoms with E-state index in [2.05, 4.69) is 31.1 Å². The van der Waals surface area contributed by atoms with E-state index in [-0.39, 0.29) is 6.03 Å². The minimum atomic E-state index is 0.108. The van der Waals surface area contributed by atoms with Gasteiger partial charge in [-0.15, -0.1) is 0 Å². The molecular weight excluding hydrogens is 202 g/mol. The number of hydrogen-bond donors (Lipinski definition) is 1. The zero-order valence-electron chi connectivity index (χ0n) is 10.8. The molecule has 1 saturated heterocycles. The summed E-state index contributed by atoms with van der Waals surface area (Å²) in [4.78, 5) is 15.9. The first-order valence-electron chi connectivity index (χ1n) is 6.34. The summed E-state index contributed by atoms with van der Waals surface area (Å²) < 4.78 is 0. The predicted molar refractivity (Wildman–Crippen MR) is 66.5 cm³/mol. The number of urea groups is 1. The number of likely N-dealkylation sites (N-methyl/N-ethyl adjacent to an activating group) is 1. The third-order valence-electron chi connectivity index (χ3n) is 3.38. The van der Waals surface area contributed by atoms with Crippen molar-refractivity contribution in [2.45, 2.75) is 26.7 Å². The van der Waals surface area contributed by atoms with Crippen LogP contribution < -0.4 is 5.32 Å². The third-order valence-corrected chi connectivity index (χ3v) is 3.38. The van der Waals surface area contributed by atoms with E-state index < -0.39 is 0 Å². The van der Waals surface area contributed by atoms with E-state index in [1.807, 2.05) is 4.90 Å². The number of carbonyl (C=O) groups excluding carboxylic acids is 1. The van der Waals surface area contributed by atoms with Gasteiger partial charge >= 0.3 is 6.03 Å². The van der Waals surface area contributed by atoms with Crippen LogP contribution in [0, 0.1) is 5.92 Å². The van der Waals surface area contributed by atoms with Crippen LogP contribution in [0.3, 0.4) is 0 Å². The number of nitrogens with one attached hydrogen (secondary N) is 1. The van der Waals surface area contributed by atoms with Crippen molar-refractivity contribution in [3.8, 4) is 0 Å².